The largest absolute Gasteiger partial charge is 0.324 e. The number of benzene rings is 1. The molecule has 0 aliphatic heterocycles. The van der Waals surface area contributed by atoms with E-state index in [0.717, 1.165) is 5.56 Å². The third kappa shape index (κ3) is 2.63. The lowest BCUT2D eigenvalue weighted by atomic mass is 10.2. The molecule has 6 heteroatoms. The zero-order chi connectivity index (χ0) is 13.8. The minimum atomic E-state index is -0.287. The Balaban J connectivity index is 2.51. The van der Waals surface area contributed by atoms with Gasteiger partial charge in [-0.1, -0.05) is 12.1 Å². The summed E-state index contributed by atoms with van der Waals surface area (Å²) in [4.78, 5) is 10.1. The summed E-state index contributed by atoms with van der Waals surface area (Å²) in [5.41, 5.74) is 3.73. The fraction of sp³-hybridized carbons (Fsp3) is 0.231. The number of rotatable bonds is 4. The molecule has 0 amide bonds. The summed E-state index contributed by atoms with van der Waals surface area (Å²) in [6.07, 6.45) is 1.65. The molecular weight excluding hydrogens is 245 g/mol. The maximum atomic E-state index is 13.9. The lowest BCUT2D eigenvalue weighted by Gasteiger charge is -2.24. The van der Waals surface area contributed by atoms with Crippen molar-refractivity contribution in [2.45, 2.75) is 13.8 Å². The summed E-state index contributed by atoms with van der Waals surface area (Å²) in [6, 6.07) is 6.60. The van der Waals surface area contributed by atoms with E-state index in [1.807, 2.05) is 13.8 Å². The van der Waals surface area contributed by atoms with Gasteiger partial charge < -0.3 is 4.90 Å². The van der Waals surface area contributed by atoms with Crippen LogP contribution >= 0.6 is 0 Å². The molecule has 1 aromatic carbocycles. The lowest BCUT2D eigenvalue weighted by molar-refractivity contribution is 0.625. The number of para-hydroxylation sites is 1. The van der Waals surface area contributed by atoms with Gasteiger partial charge in [0.2, 0.25) is 5.95 Å². The Bertz CT molecular complexity index is 573. The van der Waals surface area contributed by atoms with Crippen molar-refractivity contribution in [3.8, 4) is 0 Å². The minimum absolute atomic E-state index is 0.287. The maximum absolute atomic E-state index is 13.9. The number of hydrogen-bond acceptors (Lipinski definition) is 5. The van der Waals surface area contributed by atoms with Gasteiger partial charge in [0.15, 0.2) is 0 Å². The Morgan fingerprint density at radius 3 is 2.74 bits per heavy atom. The summed E-state index contributed by atoms with van der Waals surface area (Å²) < 4.78 is 13.9. The summed E-state index contributed by atoms with van der Waals surface area (Å²) in [5.74, 6) is 5.96. The first kappa shape index (κ1) is 13.2. The molecule has 0 spiro atoms. The topological polar surface area (TPSA) is 67.1 Å². The SMILES string of the molecule is CCN(c1ccccc1F)c1nc(NN)ncc1C. The number of halogens is 1. The third-order valence-corrected chi connectivity index (χ3v) is 2.79. The van der Waals surface area contributed by atoms with Crippen molar-refractivity contribution in [2.75, 3.05) is 16.9 Å². The van der Waals surface area contributed by atoms with Gasteiger partial charge in [0, 0.05) is 18.3 Å². The van der Waals surface area contributed by atoms with Gasteiger partial charge in [-0.15, -0.1) is 0 Å². The zero-order valence-corrected chi connectivity index (χ0v) is 10.9. The van der Waals surface area contributed by atoms with Crippen molar-refractivity contribution in [1.82, 2.24) is 9.97 Å². The maximum Gasteiger partial charge on any atom is 0.239 e. The number of aryl methyl sites for hydroxylation is 1. The Morgan fingerprint density at radius 1 is 1.37 bits per heavy atom. The average molecular weight is 261 g/mol. The van der Waals surface area contributed by atoms with E-state index in [2.05, 4.69) is 15.4 Å². The van der Waals surface area contributed by atoms with E-state index in [1.54, 1.807) is 29.3 Å². The van der Waals surface area contributed by atoms with E-state index in [4.69, 9.17) is 5.84 Å². The van der Waals surface area contributed by atoms with Crippen molar-refractivity contribution in [2.24, 2.45) is 5.84 Å². The van der Waals surface area contributed by atoms with Gasteiger partial charge in [-0.05, 0) is 26.0 Å². The van der Waals surface area contributed by atoms with E-state index >= 15 is 0 Å². The molecule has 0 fully saturated rings. The van der Waals surface area contributed by atoms with Gasteiger partial charge in [-0.3, -0.25) is 5.43 Å². The summed E-state index contributed by atoms with van der Waals surface area (Å²) in [6.45, 7) is 4.39. The highest BCUT2D eigenvalue weighted by Gasteiger charge is 2.15. The quantitative estimate of drug-likeness (QED) is 0.653. The van der Waals surface area contributed by atoms with Crippen LogP contribution in [-0.2, 0) is 0 Å². The van der Waals surface area contributed by atoms with Crippen molar-refractivity contribution in [1.29, 1.82) is 0 Å². The molecule has 0 bridgehead atoms. The number of hydrazine groups is 1. The fourth-order valence-corrected chi connectivity index (χ4v) is 1.88. The van der Waals surface area contributed by atoms with Crippen molar-refractivity contribution in [3.05, 3.63) is 41.8 Å². The molecule has 19 heavy (non-hydrogen) atoms. The second-order valence-corrected chi connectivity index (χ2v) is 4.04. The Hall–Kier alpha value is -2.21. The van der Waals surface area contributed by atoms with Crippen LogP contribution in [0.3, 0.4) is 0 Å². The highest BCUT2D eigenvalue weighted by Crippen LogP contribution is 2.28. The molecule has 1 heterocycles. The van der Waals surface area contributed by atoms with Gasteiger partial charge in [-0.2, -0.15) is 4.98 Å². The number of hydrogen-bond donors (Lipinski definition) is 2. The van der Waals surface area contributed by atoms with Crippen LogP contribution in [-0.4, -0.2) is 16.5 Å². The standard InChI is InChI=1S/C13H16FN5/c1-3-19(11-7-5-4-6-10(11)14)12-9(2)8-16-13(17-12)18-15/h4-8H,3,15H2,1-2H3,(H,16,17,18). The first-order valence-electron chi connectivity index (χ1n) is 5.99. The molecule has 0 saturated heterocycles. The lowest BCUT2D eigenvalue weighted by Crippen LogP contribution is -2.21. The molecule has 5 nitrogen and oxygen atoms in total. The molecule has 2 aromatic rings. The Kier molecular flexibility index (Phi) is 3.91. The van der Waals surface area contributed by atoms with E-state index < -0.39 is 0 Å². The molecule has 0 aliphatic carbocycles. The van der Waals surface area contributed by atoms with Crippen LogP contribution in [0.25, 0.3) is 0 Å². The number of aromatic nitrogens is 2. The molecular formula is C13H16FN5. The minimum Gasteiger partial charge on any atom is -0.324 e. The molecule has 0 aliphatic rings. The van der Waals surface area contributed by atoms with Crippen molar-refractivity contribution in [3.63, 3.8) is 0 Å². The van der Waals surface area contributed by atoms with Crippen molar-refractivity contribution >= 4 is 17.5 Å². The van der Waals surface area contributed by atoms with Gasteiger partial charge in [0.1, 0.15) is 11.6 Å². The molecule has 0 unspecified atom stereocenters. The highest BCUT2D eigenvalue weighted by molar-refractivity contribution is 5.63. The number of nitrogens with zero attached hydrogens (tertiary/aromatic N) is 3. The van der Waals surface area contributed by atoms with Crippen LogP contribution in [0.2, 0.25) is 0 Å². The molecule has 100 valence electrons. The second kappa shape index (κ2) is 5.62. The third-order valence-electron chi connectivity index (χ3n) is 2.79. The van der Waals surface area contributed by atoms with E-state index in [-0.39, 0.29) is 5.82 Å². The van der Waals surface area contributed by atoms with Crippen LogP contribution < -0.4 is 16.2 Å². The van der Waals surface area contributed by atoms with E-state index in [0.29, 0.717) is 24.0 Å². The predicted octanol–water partition coefficient (Wildman–Crippen LogP) is 2.37. The number of nitrogens with two attached hydrogens (primary N) is 1. The van der Waals surface area contributed by atoms with Crippen LogP contribution in [0.4, 0.5) is 21.8 Å². The van der Waals surface area contributed by atoms with Crippen LogP contribution in [0.5, 0.6) is 0 Å². The van der Waals surface area contributed by atoms with Crippen LogP contribution in [0.1, 0.15) is 12.5 Å². The molecule has 0 atom stereocenters. The zero-order valence-electron chi connectivity index (χ0n) is 10.9. The number of nitrogens with one attached hydrogen (secondary N) is 1. The molecule has 1 aromatic heterocycles. The van der Waals surface area contributed by atoms with Gasteiger partial charge >= 0.3 is 0 Å². The van der Waals surface area contributed by atoms with Crippen LogP contribution in [0, 0.1) is 12.7 Å². The van der Waals surface area contributed by atoms with E-state index in [9.17, 15) is 4.39 Å². The monoisotopic (exact) mass is 261 g/mol. The normalized spacial score (nSPS) is 10.3. The Morgan fingerprint density at radius 2 is 2.11 bits per heavy atom. The average Bonchev–Trinajstić information content (AvgIpc) is 2.43. The first-order valence-corrected chi connectivity index (χ1v) is 5.99. The summed E-state index contributed by atoms with van der Waals surface area (Å²) >= 11 is 0. The van der Waals surface area contributed by atoms with Gasteiger partial charge in [0.05, 0.1) is 5.69 Å². The number of nitrogen functional groups attached to an aromatic ring is 1. The van der Waals surface area contributed by atoms with E-state index in [1.165, 1.54) is 6.07 Å². The second-order valence-electron chi connectivity index (χ2n) is 4.04. The summed E-state index contributed by atoms with van der Waals surface area (Å²) in [5, 5.41) is 0. The summed E-state index contributed by atoms with van der Waals surface area (Å²) in [7, 11) is 0. The molecule has 3 N–H and O–H groups in total. The molecule has 0 radical (unpaired) electrons. The highest BCUT2D eigenvalue weighted by atomic mass is 19.1. The predicted molar refractivity (Wildman–Crippen MR) is 73.7 cm³/mol. The molecule has 2 rings (SSSR count). The number of anilines is 3. The van der Waals surface area contributed by atoms with Crippen molar-refractivity contribution < 1.29 is 4.39 Å². The first-order chi connectivity index (χ1) is 9.17. The van der Waals surface area contributed by atoms with Gasteiger partial charge in [0.25, 0.3) is 0 Å². The van der Waals surface area contributed by atoms with Gasteiger partial charge in [-0.25, -0.2) is 15.2 Å². The fourth-order valence-electron chi connectivity index (χ4n) is 1.88. The van der Waals surface area contributed by atoms with Crippen LogP contribution in [0.15, 0.2) is 30.5 Å². The smallest absolute Gasteiger partial charge is 0.239 e. The Labute approximate surface area is 111 Å². The molecule has 0 saturated carbocycles.